The molecule has 2 atom stereocenters. The van der Waals surface area contributed by atoms with Gasteiger partial charge in [-0.05, 0) is 44.8 Å². The summed E-state index contributed by atoms with van der Waals surface area (Å²) in [6.07, 6.45) is 3.03. The molecule has 0 spiro atoms. The van der Waals surface area contributed by atoms with E-state index in [0.717, 1.165) is 45.4 Å². The molecule has 0 aromatic heterocycles. The first-order chi connectivity index (χ1) is 8.07. The largest absolute Gasteiger partial charge is 0.316 e. The van der Waals surface area contributed by atoms with Crippen LogP contribution in [0.5, 0.6) is 0 Å². The van der Waals surface area contributed by atoms with Crippen molar-refractivity contribution in [3.05, 3.63) is 0 Å². The first kappa shape index (κ1) is 13.3. The molecule has 2 heterocycles. The highest BCUT2D eigenvalue weighted by atomic mass is 32.2. The molecular formula is C12H24N2O2S. The van der Waals surface area contributed by atoms with Gasteiger partial charge in [-0.25, -0.2) is 8.42 Å². The average Bonchev–Trinajstić information content (AvgIpc) is 2.21. The van der Waals surface area contributed by atoms with Gasteiger partial charge in [0.2, 0.25) is 0 Å². The molecule has 1 N–H and O–H groups in total. The molecule has 0 amide bonds. The third-order valence-electron chi connectivity index (χ3n) is 3.79. The summed E-state index contributed by atoms with van der Waals surface area (Å²) < 4.78 is 23.4. The summed E-state index contributed by atoms with van der Waals surface area (Å²) in [5.41, 5.74) is 0. The van der Waals surface area contributed by atoms with Crippen LogP contribution in [-0.2, 0) is 9.84 Å². The lowest BCUT2D eigenvalue weighted by Gasteiger charge is -2.37. The van der Waals surface area contributed by atoms with Crippen molar-refractivity contribution in [1.29, 1.82) is 0 Å². The van der Waals surface area contributed by atoms with Crippen LogP contribution < -0.4 is 5.32 Å². The van der Waals surface area contributed by atoms with Crippen LogP contribution in [0.1, 0.15) is 26.2 Å². The van der Waals surface area contributed by atoms with Crippen LogP contribution >= 0.6 is 0 Å². The summed E-state index contributed by atoms with van der Waals surface area (Å²) in [7, 11) is -2.78. The molecule has 0 aromatic carbocycles. The second-order valence-electron chi connectivity index (χ2n) is 5.57. The van der Waals surface area contributed by atoms with Crippen molar-refractivity contribution in [2.75, 3.05) is 37.7 Å². The van der Waals surface area contributed by atoms with Gasteiger partial charge in [-0.2, -0.15) is 0 Å². The van der Waals surface area contributed by atoms with E-state index in [1.807, 2.05) is 0 Å². The molecule has 2 unspecified atom stereocenters. The molecule has 2 fully saturated rings. The molecule has 2 saturated heterocycles. The van der Waals surface area contributed by atoms with Crippen molar-refractivity contribution in [1.82, 2.24) is 10.2 Å². The Kier molecular flexibility index (Phi) is 4.44. The van der Waals surface area contributed by atoms with Crippen molar-refractivity contribution >= 4 is 9.84 Å². The number of nitrogens with one attached hydrogen (secondary N) is 1. The van der Waals surface area contributed by atoms with E-state index in [-0.39, 0.29) is 6.04 Å². The van der Waals surface area contributed by atoms with Gasteiger partial charge in [-0.3, -0.25) is 4.90 Å². The van der Waals surface area contributed by atoms with Crippen LogP contribution in [-0.4, -0.2) is 57.0 Å². The lowest BCUT2D eigenvalue weighted by Crippen LogP contribution is -2.48. The topological polar surface area (TPSA) is 49.4 Å². The van der Waals surface area contributed by atoms with E-state index in [9.17, 15) is 8.42 Å². The van der Waals surface area contributed by atoms with Crippen LogP contribution in [0.15, 0.2) is 0 Å². The minimum Gasteiger partial charge on any atom is -0.316 e. The van der Waals surface area contributed by atoms with Crippen molar-refractivity contribution in [2.24, 2.45) is 5.92 Å². The fourth-order valence-electron chi connectivity index (χ4n) is 2.93. The van der Waals surface area contributed by atoms with E-state index in [1.165, 1.54) is 0 Å². The Bertz CT molecular complexity index is 342. The SMILES string of the molecule is CC1CNCCCN(C2CCCS(=O)(=O)C2)C1. The molecule has 17 heavy (non-hydrogen) atoms. The van der Waals surface area contributed by atoms with Crippen molar-refractivity contribution in [2.45, 2.75) is 32.2 Å². The van der Waals surface area contributed by atoms with Crippen molar-refractivity contribution < 1.29 is 8.42 Å². The minimum atomic E-state index is -2.78. The van der Waals surface area contributed by atoms with Crippen molar-refractivity contribution in [3.8, 4) is 0 Å². The summed E-state index contributed by atoms with van der Waals surface area (Å²) in [4.78, 5) is 2.42. The van der Waals surface area contributed by atoms with Crippen LogP contribution in [0.3, 0.4) is 0 Å². The van der Waals surface area contributed by atoms with Gasteiger partial charge in [-0.15, -0.1) is 0 Å². The molecule has 2 aliphatic heterocycles. The molecule has 2 aliphatic rings. The van der Waals surface area contributed by atoms with E-state index in [4.69, 9.17) is 0 Å². The van der Waals surface area contributed by atoms with Gasteiger partial charge in [0.1, 0.15) is 0 Å². The van der Waals surface area contributed by atoms with Gasteiger partial charge in [0.05, 0.1) is 11.5 Å². The van der Waals surface area contributed by atoms with Gasteiger partial charge in [0.25, 0.3) is 0 Å². The Morgan fingerprint density at radius 3 is 2.88 bits per heavy atom. The summed E-state index contributed by atoms with van der Waals surface area (Å²) in [5, 5.41) is 3.43. The predicted molar refractivity (Wildman–Crippen MR) is 69.9 cm³/mol. The first-order valence-electron chi connectivity index (χ1n) is 6.72. The highest BCUT2D eigenvalue weighted by Gasteiger charge is 2.30. The Morgan fingerprint density at radius 1 is 1.29 bits per heavy atom. The zero-order chi connectivity index (χ0) is 12.3. The van der Waals surface area contributed by atoms with E-state index in [0.29, 0.717) is 17.4 Å². The maximum absolute atomic E-state index is 11.7. The summed E-state index contributed by atoms with van der Waals surface area (Å²) in [6.45, 7) is 6.42. The van der Waals surface area contributed by atoms with Gasteiger partial charge in [0, 0.05) is 12.6 Å². The second-order valence-corrected chi connectivity index (χ2v) is 7.80. The number of rotatable bonds is 1. The van der Waals surface area contributed by atoms with Crippen LogP contribution in [0.2, 0.25) is 0 Å². The first-order valence-corrected chi connectivity index (χ1v) is 8.54. The van der Waals surface area contributed by atoms with Crippen LogP contribution in [0, 0.1) is 5.92 Å². The number of nitrogens with zero attached hydrogens (tertiary/aromatic N) is 1. The lowest BCUT2D eigenvalue weighted by atomic mass is 10.1. The zero-order valence-electron chi connectivity index (χ0n) is 10.7. The van der Waals surface area contributed by atoms with Crippen LogP contribution in [0.25, 0.3) is 0 Å². The third kappa shape index (κ3) is 3.93. The fraction of sp³-hybridized carbons (Fsp3) is 1.00. The molecule has 2 rings (SSSR count). The quantitative estimate of drug-likeness (QED) is 0.746. The molecule has 4 nitrogen and oxygen atoms in total. The van der Waals surface area contributed by atoms with E-state index < -0.39 is 9.84 Å². The van der Waals surface area contributed by atoms with Gasteiger partial charge < -0.3 is 5.32 Å². The van der Waals surface area contributed by atoms with Crippen LogP contribution in [0.4, 0.5) is 0 Å². The lowest BCUT2D eigenvalue weighted by molar-refractivity contribution is 0.158. The van der Waals surface area contributed by atoms with Gasteiger partial charge >= 0.3 is 0 Å². The Hall–Kier alpha value is -0.130. The maximum atomic E-state index is 11.7. The van der Waals surface area contributed by atoms with Gasteiger partial charge in [-0.1, -0.05) is 6.92 Å². The fourth-order valence-corrected chi connectivity index (χ4v) is 4.67. The smallest absolute Gasteiger partial charge is 0.151 e. The van der Waals surface area contributed by atoms with E-state index in [1.54, 1.807) is 0 Å². The van der Waals surface area contributed by atoms with E-state index in [2.05, 4.69) is 17.1 Å². The maximum Gasteiger partial charge on any atom is 0.151 e. The van der Waals surface area contributed by atoms with Crippen molar-refractivity contribution in [3.63, 3.8) is 0 Å². The average molecular weight is 260 g/mol. The normalized spacial score (nSPS) is 36.1. The van der Waals surface area contributed by atoms with Gasteiger partial charge in [0.15, 0.2) is 9.84 Å². The molecular weight excluding hydrogens is 236 g/mol. The number of hydrogen-bond acceptors (Lipinski definition) is 4. The minimum absolute atomic E-state index is 0.272. The Balaban J connectivity index is 1.98. The Morgan fingerprint density at radius 2 is 2.12 bits per heavy atom. The second kappa shape index (κ2) is 5.67. The highest BCUT2D eigenvalue weighted by Crippen LogP contribution is 2.19. The summed E-state index contributed by atoms with van der Waals surface area (Å²) >= 11 is 0. The molecule has 0 radical (unpaired) electrons. The molecule has 5 heteroatoms. The monoisotopic (exact) mass is 260 g/mol. The molecule has 100 valence electrons. The zero-order valence-corrected chi connectivity index (χ0v) is 11.5. The third-order valence-corrected chi connectivity index (χ3v) is 5.60. The highest BCUT2D eigenvalue weighted by molar-refractivity contribution is 7.91. The van der Waals surface area contributed by atoms with E-state index >= 15 is 0 Å². The Labute approximate surface area is 105 Å². The molecule has 0 aromatic rings. The number of sulfone groups is 1. The summed E-state index contributed by atoms with van der Waals surface area (Å²) in [6, 6.07) is 0.272. The predicted octanol–water partition coefficient (Wildman–Crippen LogP) is 0.495. The molecule has 0 saturated carbocycles. The standard InChI is InChI=1S/C12H24N2O2S/c1-11-8-13-5-3-6-14(9-11)12-4-2-7-17(15,16)10-12/h11-13H,2-10H2,1H3. The molecule has 0 bridgehead atoms. The molecule has 0 aliphatic carbocycles. The summed E-state index contributed by atoms with van der Waals surface area (Å²) in [5.74, 6) is 1.39. The number of hydrogen-bond donors (Lipinski definition) is 1.